The summed E-state index contributed by atoms with van der Waals surface area (Å²) in [6.07, 6.45) is 14.0. The van der Waals surface area contributed by atoms with Gasteiger partial charge in [0.15, 0.2) is 0 Å². The molecule has 30 heavy (non-hydrogen) atoms. The fourth-order valence-electron chi connectivity index (χ4n) is 4.23. The van der Waals surface area contributed by atoms with Gasteiger partial charge in [0.25, 0.3) is 0 Å². The van der Waals surface area contributed by atoms with Crippen molar-refractivity contribution in [2.24, 2.45) is 0 Å². The highest BCUT2D eigenvalue weighted by molar-refractivity contribution is 5.91. The Balaban J connectivity index is 1.65. The lowest BCUT2D eigenvalue weighted by atomic mass is 9.95. The van der Waals surface area contributed by atoms with E-state index in [1.54, 1.807) is 0 Å². The average molecular weight is 392 g/mol. The van der Waals surface area contributed by atoms with E-state index in [-0.39, 0.29) is 0 Å². The van der Waals surface area contributed by atoms with Crippen LogP contribution in [-0.4, -0.2) is 18.1 Å². The number of aryl methyl sites for hydroxylation is 1. The molecular formula is C27H25N3. The standard InChI is InChI=1S/C27H25N3/c1-18-13-20-8-9-21(15-24(20)16-23(14-18)22-10-12-28-17-22)25-6-4-11-29-27(25)26-7-3-5-19(2)30-26/h3-5,7-11,13-16,28-29H,1,6,12,17H2,2H3. The van der Waals surface area contributed by atoms with Crippen LogP contribution in [0.1, 0.15) is 23.4 Å². The lowest BCUT2D eigenvalue weighted by molar-refractivity contribution is 0.880. The summed E-state index contributed by atoms with van der Waals surface area (Å²) in [7, 11) is 0. The highest BCUT2D eigenvalue weighted by Gasteiger charge is 2.15. The monoisotopic (exact) mass is 391 g/mol. The van der Waals surface area contributed by atoms with Crippen molar-refractivity contribution in [3.8, 4) is 0 Å². The third-order valence-electron chi connectivity index (χ3n) is 5.72. The lowest BCUT2D eigenvalue weighted by Gasteiger charge is -2.18. The summed E-state index contributed by atoms with van der Waals surface area (Å²) in [5, 5.41) is 9.27. The first-order chi connectivity index (χ1) is 14.7. The van der Waals surface area contributed by atoms with Crippen LogP contribution in [0.4, 0.5) is 0 Å². The van der Waals surface area contributed by atoms with E-state index in [9.17, 15) is 0 Å². The predicted molar refractivity (Wildman–Crippen MR) is 125 cm³/mol. The van der Waals surface area contributed by atoms with E-state index in [1.165, 1.54) is 32.7 Å². The molecule has 1 aromatic heterocycles. The van der Waals surface area contributed by atoms with E-state index >= 15 is 0 Å². The zero-order valence-corrected chi connectivity index (χ0v) is 17.2. The topological polar surface area (TPSA) is 37.0 Å². The number of pyridine rings is 1. The van der Waals surface area contributed by atoms with Gasteiger partial charge in [-0.1, -0.05) is 36.9 Å². The maximum absolute atomic E-state index is 4.75. The first-order valence-corrected chi connectivity index (χ1v) is 10.4. The van der Waals surface area contributed by atoms with E-state index in [4.69, 9.17) is 4.98 Å². The van der Waals surface area contributed by atoms with Crippen molar-refractivity contribution in [2.75, 3.05) is 13.1 Å². The molecule has 0 saturated carbocycles. The second-order valence-electron chi connectivity index (χ2n) is 7.94. The first-order valence-electron chi connectivity index (χ1n) is 10.4. The van der Waals surface area contributed by atoms with Crippen LogP contribution in [0.5, 0.6) is 0 Å². The maximum Gasteiger partial charge on any atom is 0.0870 e. The fourth-order valence-corrected chi connectivity index (χ4v) is 4.23. The van der Waals surface area contributed by atoms with E-state index < -0.39 is 0 Å². The van der Waals surface area contributed by atoms with Crippen LogP contribution < -0.4 is 21.1 Å². The Morgan fingerprint density at radius 3 is 2.80 bits per heavy atom. The van der Waals surface area contributed by atoms with Gasteiger partial charge in [-0.05, 0) is 94.3 Å². The zero-order valence-electron chi connectivity index (χ0n) is 17.2. The molecule has 2 N–H and O–H groups in total. The Morgan fingerprint density at radius 2 is 1.97 bits per heavy atom. The smallest absolute Gasteiger partial charge is 0.0870 e. The number of fused-ring (bicyclic) bond motifs is 1. The van der Waals surface area contributed by atoms with Crippen molar-refractivity contribution < 1.29 is 0 Å². The zero-order chi connectivity index (χ0) is 20.5. The van der Waals surface area contributed by atoms with Crippen molar-refractivity contribution in [3.63, 3.8) is 0 Å². The average Bonchev–Trinajstić information content (AvgIpc) is 3.24. The number of aromatic nitrogens is 1. The van der Waals surface area contributed by atoms with E-state index in [1.807, 2.05) is 19.2 Å². The number of rotatable bonds is 3. The summed E-state index contributed by atoms with van der Waals surface area (Å²) >= 11 is 0. The van der Waals surface area contributed by atoms with Crippen molar-refractivity contribution in [1.82, 2.24) is 15.6 Å². The summed E-state index contributed by atoms with van der Waals surface area (Å²) in [5.74, 6) is 0. The van der Waals surface area contributed by atoms with Crippen molar-refractivity contribution in [3.05, 3.63) is 112 Å². The highest BCUT2D eigenvalue weighted by Crippen LogP contribution is 2.29. The second-order valence-corrected chi connectivity index (χ2v) is 7.94. The Kier molecular flexibility index (Phi) is 4.82. The molecule has 2 aliphatic heterocycles. The molecule has 0 radical (unpaired) electrons. The van der Waals surface area contributed by atoms with Gasteiger partial charge in [0.05, 0.1) is 11.4 Å². The van der Waals surface area contributed by atoms with Gasteiger partial charge < -0.3 is 10.6 Å². The van der Waals surface area contributed by atoms with Gasteiger partial charge in [0.1, 0.15) is 0 Å². The normalized spacial score (nSPS) is 18.0. The van der Waals surface area contributed by atoms with Gasteiger partial charge in [0.2, 0.25) is 0 Å². The fraction of sp³-hybridized carbons (Fsp3) is 0.148. The largest absolute Gasteiger partial charge is 0.360 e. The molecule has 3 nitrogen and oxygen atoms in total. The van der Waals surface area contributed by atoms with Gasteiger partial charge in [-0.2, -0.15) is 0 Å². The number of nitrogens with one attached hydrogen (secondary N) is 2. The molecule has 2 aromatic rings. The molecule has 148 valence electrons. The van der Waals surface area contributed by atoms with Gasteiger partial charge in [0, 0.05) is 18.8 Å². The predicted octanol–water partition coefficient (Wildman–Crippen LogP) is 3.35. The van der Waals surface area contributed by atoms with Crippen molar-refractivity contribution in [1.29, 1.82) is 0 Å². The molecule has 0 amide bonds. The summed E-state index contributed by atoms with van der Waals surface area (Å²) in [6, 6.07) is 12.9. The Morgan fingerprint density at radius 1 is 1.03 bits per heavy atom. The summed E-state index contributed by atoms with van der Waals surface area (Å²) in [6.45, 7) is 8.10. The molecule has 1 aromatic carbocycles. The van der Waals surface area contributed by atoms with Crippen molar-refractivity contribution in [2.45, 2.75) is 13.3 Å². The lowest BCUT2D eigenvalue weighted by Crippen LogP contribution is -2.25. The molecule has 3 aliphatic rings. The molecule has 0 unspecified atom stereocenters. The molecule has 0 bridgehead atoms. The minimum Gasteiger partial charge on any atom is -0.360 e. The number of benzene rings is 1. The summed E-state index contributed by atoms with van der Waals surface area (Å²) in [5.41, 5.74) is 9.19. The summed E-state index contributed by atoms with van der Waals surface area (Å²) < 4.78 is 0. The molecule has 3 heterocycles. The number of dihydropyridines is 1. The molecule has 0 fully saturated rings. The van der Waals surface area contributed by atoms with Gasteiger partial charge in [-0.15, -0.1) is 0 Å². The van der Waals surface area contributed by atoms with Crippen LogP contribution in [0.2, 0.25) is 0 Å². The molecule has 0 saturated heterocycles. The third-order valence-corrected chi connectivity index (χ3v) is 5.72. The van der Waals surface area contributed by atoms with Crippen LogP contribution in [0.15, 0.2) is 84.1 Å². The number of hydrogen-bond acceptors (Lipinski definition) is 3. The van der Waals surface area contributed by atoms with Crippen LogP contribution in [0.25, 0.3) is 23.4 Å². The SMILES string of the molecule is C=C1C=C(C2=CCNC2)C=c2cc(C3=C(c4cccc(C)n4)NC=CC3)ccc2=C1. The number of nitrogens with zero attached hydrogens (tertiary/aromatic N) is 1. The van der Waals surface area contributed by atoms with E-state index in [0.717, 1.165) is 42.2 Å². The molecule has 5 rings (SSSR count). The third kappa shape index (κ3) is 3.60. The molecule has 0 spiro atoms. The van der Waals surface area contributed by atoms with E-state index in [2.05, 4.69) is 77.9 Å². The quantitative estimate of drug-likeness (QED) is 0.843. The Labute approximate surface area is 177 Å². The number of hydrogen-bond donors (Lipinski definition) is 2. The minimum absolute atomic E-state index is 0.880. The highest BCUT2D eigenvalue weighted by atomic mass is 14.9. The number of allylic oxidation sites excluding steroid dienone is 4. The van der Waals surface area contributed by atoms with Crippen LogP contribution in [-0.2, 0) is 0 Å². The van der Waals surface area contributed by atoms with Gasteiger partial charge >= 0.3 is 0 Å². The Hall–Kier alpha value is -3.43. The molecule has 1 aliphatic carbocycles. The van der Waals surface area contributed by atoms with Crippen molar-refractivity contribution >= 4 is 23.4 Å². The van der Waals surface area contributed by atoms with Crippen LogP contribution in [0.3, 0.4) is 0 Å². The second kappa shape index (κ2) is 7.77. The van der Waals surface area contributed by atoms with E-state index in [0.29, 0.717) is 0 Å². The van der Waals surface area contributed by atoms with Crippen LogP contribution in [0, 0.1) is 6.92 Å². The molecule has 0 atom stereocenters. The summed E-state index contributed by atoms with van der Waals surface area (Å²) in [4.78, 5) is 4.75. The Bertz CT molecular complexity index is 1290. The molecular weight excluding hydrogens is 366 g/mol. The molecule has 3 heteroatoms. The first kappa shape index (κ1) is 18.6. The van der Waals surface area contributed by atoms with Gasteiger partial charge in [-0.3, -0.25) is 4.98 Å². The van der Waals surface area contributed by atoms with Crippen LogP contribution >= 0.6 is 0 Å². The maximum atomic E-state index is 4.75. The minimum atomic E-state index is 0.880. The van der Waals surface area contributed by atoms with Gasteiger partial charge in [-0.25, -0.2) is 0 Å².